The smallest absolute Gasteiger partial charge is 0.358 e. The van der Waals surface area contributed by atoms with Gasteiger partial charge in [-0.3, -0.25) is 4.79 Å². The minimum atomic E-state index is -4.47. The zero-order valence-corrected chi connectivity index (χ0v) is 20.4. The molecule has 1 saturated heterocycles. The molecule has 1 aliphatic heterocycles. The molecule has 188 valence electrons. The molecule has 1 aromatic carbocycles. The van der Waals surface area contributed by atoms with Crippen LogP contribution >= 0.6 is 12.4 Å². The Morgan fingerprint density at radius 1 is 1.21 bits per heavy atom. The molecule has 2 heterocycles. The molecule has 1 amide bonds. The standard InChI is InChI=1S/C23H31F3N6O.ClH/c1-13(2)31(3)15-5-7-20(17(27)11-15)32-9-8-19(22(32)33)30-21-16-10-14(23(24,25)26)4-6-18(16)28-12-29-21;/h4,6,10,12-13,15,17,19-20H,5,7-9,11,27H2,1-3H3,(H,28,29,30);1H/t15-,17-,19+,20+;/m1./s1. The summed E-state index contributed by atoms with van der Waals surface area (Å²) in [6, 6.07) is 3.48. The van der Waals surface area contributed by atoms with Gasteiger partial charge >= 0.3 is 6.18 Å². The number of nitrogens with two attached hydrogens (primary N) is 1. The first-order valence-electron chi connectivity index (χ1n) is 11.4. The Kier molecular flexibility index (Phi) is 7.94. The highest BCUT2D eigenvalue weighted by molar-refractivity contribution is 5.93. The molecule has 0 radical (unpaired) electrons. The van der Waals surface area contributed by atoms with Gasteiger partial charge in [-0.1, -0.05) is 0 Å². The summed E-state index contributed by atoms with van der Waals surface area (Å²) in [4.78, 5) is 25.6. The van der Waals surface area contributed by atoms with Crippen LogP contribution in [0.4, 0.5) is 19.0 Å². The Bertz CT molecular complexity index is 1020. The van der Waals surface area contributed by atoms with Gasteiger partial charge in [-0.25, -0.2) is 9.97 Å². The fourth-order valence-corrected chi connectivity index (χ4v) is 5.02. The number of hydrogen-bond acceptors (Lipinski definition) is 6. The number of anilines is 1. The summed E-state index contributed by atoms with van der Waals surface area (Å²) in [6.07, 6.45) is 0.00961. The Morgan fingerprint density at radius 2 is 1.94 bits per heavy atom. The number of rotatable bonds is 5. The van der Waals surface area contributed by atoms with Crippen LogP contribution in [0, 0.1) is 0 Å². The molecular formula is C23H32ClF3N6O. The molecule has 34 heavy (non-hydrogen) atoms. The van der Waals surface area contributed by atoms with E-state index in [0.717, 1.165) is 31.4 Å². The first kappa shape index (κ1) is 26.4. The number of alkyl halides is 3. The summed E-state index contributed by atoms with van der Waals surface area (Å²) in [7, 11) is 2.11. The van der Waals surface area contributed by atoms with Crippen molar-refractivity contribution >= 4 is 35.0 Å². The second-order valence-corrected chi connectivity index (χ2v) is 9.43. The summed E-state index contributed by atoms with van der Waals surface area (Å²) in [5, 5.41) is 3.32. The lowest BCUT2D eigenvalue weighted by Gasteiger charge is -2.43. The third-order valence-electron chi connectivity index (χ3n) is 7.14. The van der Waals surface area contributed by atoms with Crippen LogP contribution in [-0.4, -0.2) is 69.5 Å². The van der Waals surface area contributed by atoms with Crippen LogP contribution in [0.1, 0.15) is 45.1 Å². The monoisotopic (exact) mass is 500 g/mol. The van der Waals surface area contributed by atoms with E-state index in [1.54, 1.807) is 0 Å². The third kappa shape index (κ3) is 5.23. The van der Waals surface area contributed by atoms with Gasteiger partial charge < -0.3 is 20.9 Å². The second-order valence-electron chi connectivity index (χ2n) is 9.43. The van der Waals surface area contributed by atoms with E-state index < -0.39 is 17.8 Å². The lowest BCUT2D eigenvalue weighted by atomic mass is 9.85. The highest BCUT2D eigenvalue weighted by Crippen LogP contribution is 2.34. The zero-order valence-electron chi connectivity index (χ0n) is 19.5. The van der Waals surface area contributed by atoms with Crippen molar-refractivity contribution < 1.29 is 18.0 Å². The van der Waals surface area contributed by atoms with Crippen LogP contribution in [-0.2, 0) is 11.0 Å². The summed E-state index contributed by atoms with van der Waals surface area (Å²) in [5.41, 5.74) is 6.12. The molecule has 0 spiro atoms. The van der Waals surface area contributed by atoms with Crippen molar-refractivity contribution in [3.05, 3.63) is 30.1 Å². The number of carbonyl (C=O) groups excluding carboxylic acids is 1. The number of benzene rings is 1. The van der Waals surface area contributed by atoms with Gasteiger partial charge in [-0.2, -0.15) is 13.2 Å². The van der Waals surface area contributed by atoms with Crippen molar-refractivity contribution in [2.24, 2.45) is 5.73 Å². The average molecular weight is 501 g/mol. The van der Waals surface area contributed by atoms with E-state index in [1.165, 1.54) is 12.4 Å². The van der Waals surface area contributed by atoms with Gasteiger partial charge in [0.05, 0.1) is 11.1 Å². The number of nitrogens with one attached hydrogen (secondary N) is 1. The predicted octanol–water partition coefficient (Wildman–Crippen LogP) is 3.67. The van der Waals surface area contributed by atoms with Gasteiger partial charge in [-0.05, 0) is 64.8 Å². The van der Waals surface area contributed by atoms with Crippen molar-refractivity contribution in [3.63, 3.8) is 0 Å². The molecule has 0 unspecified atom stereocenters. The molecule has 11 heteroatoms. The van der Waals surface area contributed by atoms with E-state index in [2.05, 4.69) is 41.1 Å². The van der Waals surface area contributed by atoms with E-state index in [1.807, 2.05) is 4.90 Å². The predicted molar refractivity (Wildman–Crippen MR) is 128 cm³/mol. The number of nitrogens with zero attached hydrogens (tertiary/aromatic N) is 4. The summed E-state index contributed by atoms with van der Waals surface area (Å²) in [5.74, 6) is 0.155. The summed E-state index contributed by atoms with van der Waals surface area (Å²) in [6.45, 7) is 4.88. The molecule has 0 bridgehead atoms. The molecule has 2 aliphatic rings. The fourth-order valence-electron chi connectivity index (χ4n) is 5.02. The van der Waals surface area contributed by atoms with Crippen molar-refractivity contribution in [3.8, 4) is 0 Å². The Balaban J connectivity index is 0.00000324. The largest absolute Gasteiger partial charge is 0.416 e. The van der Waals surface area contributed by atoms with Crippen molar-refractivity contribution in [2.75, 3.05) is 18.9 Å². The van der Waals surface area contributed by atoms with Crippen LogP contribution in [0.5, 0.6) is 0 Å². The van der Waals surface area contributed by atoms with Crippen LogP contribution in [0.15, 0.2) is 24.5 Å². The molecule has 4 atom stereocenters. The highest BCUT2D eigenvalue weighted by atomic mass is 35.5. The van der Waals surface area contributed by atoms with E-state index in [9.17, 15) is 18.0 Å². The van der Waals surface area contributed by atoms with Crippen molar-refractivity contribution in [1.82, 2.24) is 19.8 Å². The molecular weight excluding hydrogens is 469 g/mol. The van der Waals surface area contributed by atoms with E-state index in [0.29, 0.717) is 30.6 Å². The SMILES string of the molecule is CC(C)N(C)[C@@H]1CC[C@H](N2CC[C@H](Nc3ncnc4ccc(C(F)(F)F)cc34)C2=O)[C@H](N)C1.Cl. The number of fused-ring (bicyclic) bond motifs is 1. The van der Waals surface area contributed by atoms with Crippen LogP contribution in [0.3, 0.4) is 0 Å². The van der Waals surface area contributed by atoms with Crippen molar-refractivity contribution in [1.29, 1.82) is 0 Å². The molecule has 1 saturated carbocycles. The normalized spacial score (nSPS) is 25.8. The van der Waals surface area contributed by atoms with Crippen LogP contribution < -0.4 is 11.1 Å². The average Bonchev–Trinajstić information content (AvgIpc) is 3.12. The van der Waals surface area contributed by atoms with Gasteiger partial charge in [0.15, 0.2) is 0 Å². The topological polar surface area (TPSA) is 87.4 Å². The first-order valence-corrected chi connectivity index (χ1v) is 11.4. The van der Waals surface area contributed by atoms with E-state index in [4.69, 9.17) is 5.73 Å². The lowest BCUT2D eigenvalue weighted by Crippen LogP contribution is -2.56. The minimum absolute atomic E-state index is 0. The van der Waals surface area contributed by atoms with Gasteiger partial charge in [0.2, 0.25) is 5.91 Å². The number of halogens is 4. The Morgan fingerprint density at radius 3 is 2.59 bits per heavy atom. The zero-order chi connectivity index (χ0) is 23.9. The molecule has 3 N–H and O–H groups in total. The number of hydrogen-bond donors (Lipinski definition) is 2. The van der Waals surface area contributed by atoms with Gasteiger partial charge in [0.25, 0.3) is 0 Å². The molecule has 1 aliphatic carbocycles. The third-order valence-corrected chi connectivity index (χ3v) is 7.14. The summed E-state index contributed by atoms with van der Waals surface area (Å²) >= 11 is 0. The van der Waals surface area contributed by atoms with E-state index in [-0.39, 0.29) is 41.6 Å². The highest BCUT2D eigenvalue weighted by Gasteiger charge is 2.41. The number of carbonyl (C=O) groups is 1. The number of amides is 1. The molecule has 7 nitrogen and oxygen atoms in total. The maximum absolute atomic E-state index is 13.2. The van der Waals surface area contributed by atoms with Crippen molar-refractivity contribution in [2.45, 2.75) is 75.9 Å². The lowest BCUT2D eigenvalue weighted by molar-refractivity contribution is -0.137. The molecule has 1 aromatic heterocycles. The maximum atomic E-state index is 13.2. The molecule has 2 fully saturated rings. The number of likely N-dealkylation sites (tertiary alicyclic amines) is 1. The summed E-state index contributed by atoms with van der Waals surface area (Å²) < 4.78 is 39.6. The molecule has 2 aromatic rings. The van der Waals surface area contributed by atoms with Crippen LogP contribution in [0.25, 0.3) is 10.9 Å². The number of aromatic nitrogens is 2. The fraction of sp³-hybridized carbons (Fsp3) is 0.609. The minimum Gasteiger partial charge on any atom is -0.358 e. The van der Waals surface area contributed by atoms with E-state index >= 15 is 0 Å². The Labute approximate surface area is 203 Å². The van der Waals surface area contributed by atoms with Crippen LogP contribution in [0.2, 0.25) is 0 Å². The van der Waals surface area contributed by atoms with Gasteiger partial charge in [0, 0.05) is 36.1 Å². The second kappa shape index (κ2) is 10.2. The first-order chi connectivity index (χ1) is 15.6. The van der Waals surface area contributed by atoms with Gasteiger partial charge in [-0.15, -0.1) is 12.4 Å². The quantitative estimate of drug-likeness (QED) is 0.651. The Hall–Kier alpha value is -2.17. The van der Waals surface area contributed by atoms with Gasteiger partial charge in [0.1, 0.15) is 18.2 Å². The maximum Gasteiger partial charge on any atom is 0.416 e. The molecule has 4 rings (SSSR count).